The predicted molar refractivity (Wildman–Crippen MR) is 189 cm³/mol. The van der Waals surface area contributed by atoms with Gasteiger partial charge in [0.2, 0.25) is 5.95 Å². The average Bonchev–Trinajstić information content (AvgIpc) is 3.55. The molecule has 260 valence electrons. The van der Waals surface area contributed by atoms with E-state index >= 15 is 0 Å². The van der Waals surface area contributed by atoms with Gasteiger partial charge in [0.05, 0.1) is 29.7 Å². The van der Waals surface area contributed by atoms with Crippen LogP contribution in [-0.4, -0.2) is 38.1 Å². The molecule has 0 radical (unpaired) electrons. The first-order valence-electron chi connectivity index (χ1n) is 15.7. The molecule has 0 bridgehead atoms. The van der Waals surface area contributed by atoms with Crippen LogP contribution >= 0.6 is 0 Å². The number of halogens is 3. The van der Waals surface area contributed by atoms with Crippen molar-refractivity contribution in [2.24, 2.45) is 0 Å². The van der Waals surface area contributed by atoms with Crippen molar-refractivity contribution in [2.45, 2.75) is 26.4 Å². The van der Waals surface area contributed by atoms with E-state index in [1.807, 2.05) is 37.3 Å². The van der Waals surface area contributed by atoms with E-state index in [0.29, 0.717) is 22.6 Å². The second-order valence-corrected chi connectivity index (χ2v) is 11.3. The van der Waals surface area contributed by atoms with Crippen molar-refractivity contribution in [1.29, 1.82) is 0 Å². The number of anilines is 3. The Morgan fingerprint density at radius 2 is 1.80 bits per heavy atom. The molecule has 10 nitrogen and oxygen atoms in total. The van der Waals surface area contributed by atoms with Crippen LogP contribution in [0.3, 0.4) is 0 Å². The fourth-order valence-corrected chi connectivity index (χ4v) is 4.82. The predicted octanol–water partition coefficient (Wildman–Crippen LogP) is 7.71. The van der Waals surface area contributed by atoms with Gasteiger partial charge in [-0.2, -0.15) is 13.2 Å². The third-order valence-corrected chi connectivity index (χ3v) is 7.43. The molecule has 0 aliphatic heterocycles. The molecule has 5 rings (SSSR count). The minimum absolute atomic E-state index is 0.00363. The maximum Gasteiger partial charge on any atom is 0.416 e. The normalized spacial score (nSPS) is 11.7. The molecular formula is C38H34F3N7O3. The summed E-state index contributed by atoms with van der Waals surface area (Å²) in [7, 11) is 0. The van der Waals surface area contributed by atoms with Crippen LogP contribution in [-0.2, 0) is 22.1 Å². The molecule has 0 saturated carbocycles. The number of allylic oxidation sites excluding steroid dienone is 4. The molecule has 13 heteroatoms. The lowest BCUT2D eigenvalue weighted by Gasteiger charge is -2.14. The SMILES string of the molecule is C=C/C(=C\C=C/NCOC(=O)Cc1ccccc1)c1ccnc(Nc2cc(C(=O)Nc3cc(-n4cnc(C)c4)cc(C(F)(F)F)c3)ccc2C)n1. The van der Waals surface area contributed by atoms with Gasteiger partial charge >= 0.3 is 12.1 Å². The fraction of sp³-hybridized carbons (Fsp3) is 0.132. The Balaban J connectivity index is 1.24. The van der Waals surface area contributed by atoms with Crippen LogP contribution < -0.4 is 16.0 Å². The molecular weight excluding hydrogens is 659 g/mol. The molecule has 0 aliphatic rings. The van der Waals surface area contributed by atoms with E-state index in [0.717, 1.165) is 23.3 Å². The Morgan fingerprint density at radius 1 is 1.00 bits per heavy atom. The van der Waals surface area contributed by atoms with Gasteiger partial charge in [-0.3, -0.25) is 9.59 Å². The number of carbonyl (C=O) groups excluding carboxylic acids is 2. The van der Waals surface area contributed by atoms with Crippen LogP contribution in [0.15, 0.2) is 123 Å². The van der Waals surface area contributed by atoms with E-state index in [4.69, 9.17) is 4.74 Å². The van der Waals surface area contributed by atoms with Crippen LogP contribution in [0.5, 0.6) is 0 Å². The Kier molecular flexibility index (Phi) is 11.4. The van der Waals surface area contributed by atoms with Gasteiger partial charge in [0.25, 0.3) is 5.91 Å². The van der Waals surface area contributed by atoms with Crippen LogP contribution in [0.25, 0.3) is 11.3 Å². The Morgan fingerprint density at radius 3 is 2.53 bits per heavy atom. The Bertz CT molecular complexity index is 2090. The zero-order valence-electron chi connectivity index (χ0n) is 27.7. The zero-order chi connectivity index (χ0) is 36.4. The molecule has 2 heterocycles. The molecule has 0 atom stereocenters. The van der Waals surface area contributed by atoms with Gasteiger partial charge in [0.1, 0.15) is 0 Å². The summed E-state index contributed by atoms with van der Waals surface area (Å²) in [6.45, 7) is 7.42. The smallest absolute Gasteiger partial charge is 0.416 e. The van der Waals surface area contributed by atoms with Crippen molar-refractivity contribution in [1.82, 2.24) is 24.8 Å². The van der Waals surface area contributed by atoms with E-state index < -0.39 is 17.6 Å². The van der Waals surface area contributed by atoms with Gasteiger partial charge in [0, 0.05) is 35.0 Å². The number of ether oxygens (including phenoxy) is 1. The number of carbonyl (C=O) groups is 2. The highest BCUT2D eigenvalue weighted by molar-refractivity contribution is 6.05. The topological polar surface area (TPSA) is 123 Å². The number of imidazole rings is 1. The number of aromatic nitrogens is 4. The van der Waals surface area contributed by atoms with Gasteiger partial charge in [-0.05, 0) is 79.2 Å². The van der Waals surface area contributed by atoms with Crippen LogP contribution in [0.4, 0.5) is 30.5 Å². The molecule has 2 aromatic heterocycles. The molecule has 0 saturated heterocycles. The molecule has 0 aliphatic carbocycles. The van der Waals surface area contributed by atoms with Crippen molar-refractivity contribution in [3.63, 3.8) is 0 Å². The number of benzene rings is 3. The number of aryl methyl sites for hydroxylation is 2. The quantitative estimate of drug-likeness (QED) is 0.0496. The number of nitrogens with zero attached hydrogens (tertiary/aromatic N) is 4. The molecule has 51 heavy (non-hydrogen) atoms. The summed E-state index contributed by atoms with van der Waals surface area (Å²) in [5.41, 5.74) is 3.48. The van der Waals surface area contributed by atoms with E-state index in [1.165, 1.54) is 17.0 Å². The number of amides is 1. The minimum atomic E-state index is -4.63. The Hall–Kier alpha value is -6.50. The third-order valence-electron chi connectivity index (χ3n) is 7.43. The highest BCUT2D eigenvalue weighted by atomic mass is 19.4. The standard InChI is InChI=1S/C38H34F3N7O3/c1-4-28(11-8-15-42-24-51-35(49)17-27-9-6-5-7-10-27)33-14-16-43-37(46-33)47-34-18-29(13-12-25(34)2)36(50)45-31-19-30(38(39,40)41)20-32(21-31)48-22-26(3)44-23-48/h4-16,18-23,42H,1,17,24H2,2-3H3,(H,45,50)(H,43,46,47)/b15-8-,28-11+. The second-order valence-electron chi connectivity index (χ2n) is 11.3. The van der Waals surface area contributed by atoms with Crippen molar-refractivity contribution >= 4 is 34.8 Å². The second kappa shape index (κ2) is 16.3. The summed E-state index contributed by atoms with van der Waals surface area (Å²) in [6, 6.07) is 19.2. The first kappa shape index (κ1) is 35.8. The monoisotopic (exact) mass is 693 g/mol. The molecule has 0 spiro atoms. The maximum absolute atomic E-state index is 13.7. The highest BCUT2D eigenvalue weighted by Gasteiger charge is 2.31. The summed E-state index contributed by atoms with van der Waals surface area (Å²) < 4.78 is 47.9. The number of alkyl halides is 3. The molecule has 0 unspecified atom stereocenters. The lowest BCUT2D eigenvalue weighted by atomic mass is 10.1. The minimum Gasteiger partial charge on any atom is -0.444 e. The van der Waals surface area contributed by atoms with E-state index in [2.05, 4.69) is 37.5 Å². The lowest BCUT2D eigenvalue weighted by Crippen LogP contribution is -2.17. The van der Waals surface area contributed by atoms with Gasteiger partial charge in [-0.15, -0.1) is 0 Å². The largest absolute Gasteiger partial charge is 0.444 e. The van der Waals surface area contributed by atoms with Crippen molar-refractivity contribution in [3.05, 3.63) is 156 Å². The van der Waals surface area contributed by atoms with E-state index in [9.17, 15) is 22.8 Å². The van der Waals surface area contributed by atoms with Crippen molar-refractivity contribution < 1.29 is 27.5 Å². The van der Waals surface area contributed by atoms with Gasteiger partial charge < -0.3 is 25.3 Å². The number of hydrogen-bond donors (Lipinski definition) is 3. The lowest BCUT2D eigenvalue weighted by molar-refractivity contribution is -0.143. The summed E-state index contributed by atoms with van der Waals surface area (Å²) >= 11 is 0. The van der Waals surface area contributed by atoms with E-state index in [-0.39, 0.29) is 42.0 Å². The Labute approximate surface area is 292 Å². The molecule has 5 aromatic rings. The first-order chi connectivity index (χ1) is 24.5. The van der Waals surface area contributed by atoms with Crippen LogP contribution in [0.1, 0.15) is 38.4 Å². The molecule has 0 fully saturated rings. The summed E-state index contributed by atoms with van der Waals surface area (Å²) in [5.74, 6) is -0.715. The maximum atomic E-state index is 13.7. The molecule has 1 amide bonds. The molecule has 3 aromatic carbocycles. The van der Waals surface area contributed by atoms with E-state index in [1.54, 1.807) is 68.0 Å². The summed E-state index contributed by atoms with van der Waals surface area (Å²) in [4.78, 5) is 38.2. The highest BCUT2D eigenvalue weighted by Crippen LogP contribution is 2.33. The number of nitrogens with one attached hydrogen (secondary N) is 3. The van der Waals surface area contributed by atoms with Crippen LogP contribution in [0.2, 0.25) is 0 Å². The van der Waals surface area contributed by atoms with Crippen molar-refractivity contribution in [2.75, 3.05) is 17.4 Å². The number of esters is 1. The van der Waals surface area contributed by atoms with Gasteiger partial charge in [0.15, 0.2) is 6.73 Å². The first-order valence-corrected chi connectivity index (χ1v) is 15.7. The average molecular weight is 694 g/mol. The fourth-order valence-electron chi connectivity index (χ4n) is 4.82. The third kappa shape index (κ3) is 10.0. The van der Waals surface area contributed by atoms with Crippen LogP contribution in [0, 0.1) is 13.8 Å². The van der Waals surface area contributed by atoms with Crippen molar-refractivity contribution in [3.8, 4) is 5.69 Å². The molecule has 3 N–H and O–H groups in total. The number of hydrogen-bond acceptors (Lipinski definition) is 8. The number of rotatable bonds is 13. The summed E-state index contributed by atoms with van der Waals surface area (Å²) in [6.07, 6.45) is 6.84. The summed E-state index contributed by atoms with van der Waals surface area (Å²) in [5, 5.41) is 8.61. The van der Waals surface area contributed by atoms with Gasteiger partial charge in [-0.25, -0.2) is 15.0 Å². The zero-order valence-corrected chi connectivity index (χ0v) is 27.7. The van der Waals surface area contributed by atoms with Gasteiger partial charge in [-0.1, -0.05) is 55.1 Å².